The second-order valence-electron chi connectivity index (χ2n) is 8.49. The summed E-state index contributed by atoms with van der Waals surface area (Å²) in [6.07, 6.45) is 1.34. The van der Waals surface area contributed by atoms with Gasteiger partial charge < -0.3 is 19.7 Å². The molecule has 2 aromatic carbocycles. The van der Waals surface area contributed by atoms with Crippen molar-refractivity contribution in [1.82, 2.24) is 10.2 Å². The minimum absolute atomic E-state index is 0.0154. The number of hydrogen-bond donors (Lipinski definition) is 1. The normalized spacial score (nSPS) is 13.6. The molecule has 196 valence electrons. The Balaban J connectivity index is 1.72. The van der Waals surface area contributed by atoms with Gasteiger partial charge in [0.15, 0.2) is 11.5 Å². The zero-order valence-corrected chi connectivity index (χ0v) is 21.5. The maximum atomic E-state index is 13.3. The summed E-state index contributed by atoms with van der Waals surface area (Å²) in [6.45, 7) is 4.81. The second-order valence-corrected chi connectivity index (χ2v) is 10.4. The molecule has 1 aliphatic heterocycles. The number of nitrogens with zero attached hydrogens (tertiary/aromatic N) is 2. The first-order valence-corrected chi connectivity index (χ1v) is 13.6. The summed E-state index contributed by atoms with van der Waals surface area (Å²) in [5.41, 5.74) is 1.09. The summed E-state index contributed by atoms with van der Waals surface area (Å²) >= 11 is 0. The van der Waals surface area contributed by atoms with Crippen LogP contribution in [-0.4, -0.2) is 63.7 Å². The Kier molecular flexibility index (Phi) is 9.14. The maximum absolute atomic E-state index is 13.3. The van der Waals surface area contributed by atoms with Crippen LogP contribution < -0.4 is 19.1 Å². The highest BCUT2D eigenvalue weighted by atomic mass is 32.2. The lowest BCUT2D eigenvalue weighted by Gasteiger charge is -2.29. The van der Waals surface area contributed by atoms with Gasteiger partial charge in [-0.3, -0.25) is 13.9 Å². The maximum Gasteiger partial charge on any atom is 0.242 e. The lowest BCUT2D eigenvalue weighted by Crippen LogP contribution is -2.47. The quantitative estimate of drug-likeness (QED) is 0.488. The van der Waals surface area contributed by atoms with E-state index in [0.29, 0.717) is 42.5 Å². The monoisotopic (exact) mass is 521 g/mol. The Morgan fingerprint density at radius 3 is 2.39 bits per heavy atom. The Labute approximate surface area is 211 Å². The van der Waals surface area contributed by atoms with E-state index in [4.69, 9.17) is 9.47 Å². The van der Waals surface area contributed by atoms with E-state index in [0.717, 1.165) is 6.26 Å². The number of rotatable bonds is 11. The number of amides is 2. The lowest BCUT2D eigenvalue weighted by molar-refractivity contribution is -0.140. The van der Waals surface area contributed by atoms with Crippen molar-refractivity contribution in [2.75, 3.05) is 36.9 Å². The van der Waals surface area contributed by atoms with Crippen LogP contribution in [0.5, 0.6) is 11.5 Å². The molecule has 9 nitrogen and oxygen atoms in total. The average molecular weight is 522 g/mol. The molecule has 36 heavy (non-hydrogen) atoms. The van der Waals surface area contributed by atoms with Crippen molar-refractivity contribution in [3.63, 3.8) is 0 Å². The van der Waals surface area contributed by atoms with Crippen LogP contribution in [0.4, 0.5) is 10.1 Å². The van der Waals surface area contributed by atoms with E-state index >= 15 is 0 Å². The minimum atomic E-state index is -3.64. The molecule has 11 heteroatoms. The minimum Gasteiger partial charge on any atom is -0.486 e. The van der Waals surface area contributed by atoms with E-state index < -0.39 is 21.9 Å². The highest BCUT2D eigenvalue weighted by Gasteiger charge is 2.27. The van der Waals surface area contributed by atoms with E-state index in [1.807, 2.05) is 0 Å². The summed E-state index contributed by atoms with van der Waals surface area (Å²) in [5, 5.41) is 2.71. The fourth-order valence-electron chi connectivity index (χ4n) is 3.88. The molecule has 3 rings (SSSR count). The Morgan fingerprint density at radius 2 is 1.75 bits per heavy atom. The second kappa shape index (κ2) is 12.1. The number of ether oxygens (including phenoxy) is 2. The van der Waals surface area contributed by atoms with Gasteiger partial charge in [-0.1, -0.05) is 12.1 Å². The SMILES string of the molecule is CCNC(=O)[C@@H](C)N(Cc1ccc(F)cc1)C(=O)CCCN(c1ccc2c(c1)OCCO2)S(C)(=O)=O. The van der Waals surface area contributed by atoms with Crippen LogP contribution in [0, 0.1) is 5.82 Å². The molecule has 2 aromatic rings. The molecule has 1 atom stereocenters. The van der Waals surface area contributed by atoms with Gasteiger partial charge in [-0.2, -0.15) is 0 Å². The molecule has 0 aromatic heterocycles. The van der Waals surface area contributed by atoms with Crippen LogP contribution in [0.3, 0.4) is 0 Å². The van der Waals surface area contributed by atoms with Crippen molar-refractivity contribution in [3.05, 3.63) is 53.8 Å². The van der Waals surface area contributed by atoms with E-state index in [2.05, 4.69) is 5.32 Å². The first-order valence-electron chi connectivity index (χ1n) is 11.8. The number of carbonyl (C=O) groups is 2. The lowest BCUT2D eigenvalue weighted by atomic mass is 10.1. The van der Waals surface area contributed by atoms with E-state index in [-0.39, 0.29) is 37.7 Å². The number of anilines is 1. The van der Waals surface area contributed by atoms with E-state index in [1.165, 1.54) is 21.3 Å². The summed E-state index contributed by atoms with van der Waals surface area (Å²) in [7, 11) is -3.64. The van der Waals surface area contributed by atoms with Gasteiger partial charge in [0, 0.05) is 32.1 Å². The van der Waals surface area contributed by atoms with E-state index in [1.54, 1.807) is 44.2 Å². The number of carbonyl (C=O) groups excluding carboxylic acids is 2. The van der Waals surface area contributed by atoms with Gasteiger partial charge in [0.05, 0.1) is 11.9 Å². The standard InChI is InChI=1S/C25H32FN3O6S/c1-4-27-25(31)18(2)28(17-19-7-9-20(26)10-8-19)24(30)6-5-13-29(36(3,32)33)21-11-12-22-23(16-21)35-15-14-34-22/h7-12,16,18H,4-6,13-15,17H2,1-3H3,(H,27,31)/t18-/m1/s1. The zero-order valence-electron chi connectivity index (χ0n) is 20.7. The van der Waals surface area contributed by atoms with Crippen molar-refractivity contribution >= 4 is 27.5 Å². The third-order valence-electron chi connectivity index (χ3n) is 5.75. The van der Waals surface area contributed by atoms with Crippen LogP contribution >= 0.6 is 0 Å². The van der Waals surface area contributed by atoms with Gasteiger partial charge in [0.2, 0.25) is 21.8 Å². The van der Waals surface area contributed by atoms with Crippen LogP contribution in [0.15, 0.2) is 42.5 Å². The largest absolute Gasteiger partial charge is 0.486 e. The Hall–Kier alpha value is -3.34. The summed E-state index contributed by atoms with van der Waals surface area (Å²) in [4.78, 5) is 27.1. The number of likely N-dealkylation sites (N-methyl/N-ethyl adjacent to an activating group) is 1. The van der Waals surface area contributed by atoms with Gasteiger partial charge in [-0.15, -0.1) is 0 Å². The highest BCUT2D eigenvalue weighted by molar-refractivity contribution is 7.92. The van der Waals surface area contributed by atoms with Gasteiger partial charge in [-0.05, 0) is 50.1 Å². The summed E-state index contributed by atoms with van der Waals surface area (Å²) < 4.78 is 50.7. The molecular weight excluding hydrogens is 489 g/mol. The fraction of sp³-hybridized carbons (Fsp3) is 0.440. The molecule has 0 aliphatic carbocycles. The highest BCUT2D eigenvalue weighted by Crippen LogP contribution is 2.34. The number of sulfonamides is 1. The van der Waals surface area contributed by atoms with Crippen LogP contribution in [0.1, 0.15) is 32.3 Å². The molecule has 0 saturated carbocycles. The van der Waals surface area contributed by atoms with E-state index in [9.17, 15) is 22.4 Å². The molecule has 2 amide bonds. The molecule has 0 unspecified atom stereocenters. The summed E-state index contributed by atoms with van der Waals surface area (Å²) in [6, 6.07) is 9.86. The van der Waals surface area contributed by atoms with Gasteiger partial charge >= 0.3 is 0 Å². The van der Waals surface area contributed by atoms with Crippen molar-refractivity contribution in [1.29, 1.82) is 0 Å². The Bertz CT molecular complexity index is 1170. The molecule has 0 radical (unpaired) electrons. The van der Waals surface area contributed by atoms with Crippen molar-refractivity contribution in [3.8, 4) is 11.5 Å². The topological polar surface area (TPSA) is 105 Å². The molecule has 0 saturated heterocycles. The molecule has 0 fully saturated rings. The predicted octanol–water partition coefficient (Wildman–Crippen LogP) is 2.70. The molecule has 1 N–H and O–H groups in total. The zero-order chi connectivity index (χ0) is 26.3. The van der Waals surface area contributed by atoms with Crippen molar-refractivity contribution in [2.24, 2.45) is 0 Å². The number of halogens is 1. The summed E-state index contributed by atoms with van der Waals surface area (Å²) in [5.74, 6) is -0.00164. The van der Waals surface area contributed by atoms with Crippen molar-refractivity contribution in [2.45, 2.75) is 39.3 Å². The molecule has 0 bridgehead atoms. The fourth-order valence-corrected chi connectivity index (χ4v) is 4.84. The molecule has 0 spiro atoms. The number of benzene rings is 2. The first kappa shape index (κ1) is 27.3. The third kappa shape index (κ3) is 7.09. The smallest absolute Gasteiger partial charge is 0.242 e. The van der Waals surface area contributed by atoms with Gasteiger partial charge in [0.25, 0.3) is 0 Å². The van der Waals surface area contributed by atoms with Crippen LogP contribution in [0.25, 0.3) is 0 Å². The third-order valence-corrected chi connectivity index (χ3v) is 6.94. The van der Waals surface area contributed by atoms with Crippen LogP contribution in [0.2, 0.25) is 0 Å². The molecule has 1 aliphatic rings. The molecule has 1 heterocycles. The molecular formula is C25H32FN3O6S. The Morgan fingerprint density at radius 1 is 1.08 bits per heavy atom. The van der Waals surface area contributed by atoms with Gasteiger partial charge in [0.1, 0.15) is 25.1 Å². The van der Waals surface area contributed by atoms with Crippen LogP contribution in [-0.2, 0) is 26.2 Å². The van der Waals surface area contributed by atoms with Crippen molar-refractivity contribution < 1.29 is 31.9 Å². The predicted molar refractivity (Wildman–Crippen MR) is 134 cm³/mol. The average Bonchev–Trinajstić information content (AvgIpc) is 2.85. The number of nitrogens with one attached hydrogen (secondary N) is 1. The number of fused-ring (bicyclic) bond motifs is 1. The first-order chi connectivity index (χ1) is 17.1. The van der Waals surface area contributed by atoms with Gasteiger partial charge in [-0.25, -0.2) is 12.8 Å². The number of hydrogen-bond acceptors (Lipinski definition) is 6.